The van der Waals surface area contributed by atoms with Crippen molar-refractivity contribution in [1.29, 1.82) is 0 Å². The summed E-state index contributed by atoms with van der Waals surface area (Å²) in [6.07, 6.45) is 5.20. The topological polar surface area (TPSA) is 85.6 Å². The van der Waals surface area contributed by atoms with Crippen molar-refractivity contribution in [2.24, 2.45) is 0 Å². The summed E-state index contributed by atoms with van der Waals surface area (Å²) in [5.74, 6) is 0.493. The highest BCUT2D eigenvalue weighted by Gasteiger charge is 2.31. The molecule has 1 aliphatic heterocycles. The Labute approximate surface area is 193 Å². The third kappa shape index (κ3) is 5.19. The fourth-order valence-electron chi connectivity index (χ4n) is 3.05. The Hall–Kier alpha value is -3.56. The second-order valence-electron chi connectivity index (χ2n) is 6.91. The maximum atomic E-state index is 12.8. The van der Waals surface area contributed by atoms with Gasteiger partial charge in [0.2, 0.25) is 0 Å². The summed E-state index contributed by atoms with van der Waals surface area (Å²) >= 11 is 6.66. The zero-order chi connectivity index (χ0) is 22.5. The summed E-state index contributed by atoms with van der Waals surface area (Å²) in [5.41, 5.74) is 2.49. The van der Waals surface area contributed by atoms with Crippen LogP contribution in [0, 0.1) is 10.1 Å². The van der Waals surface area contributed by atoms with Crippen LogP contribution in [0.1, 0.15) is 16.7 Å². The number of pyridine rings is 1. The van der Waals surface area contributed by atoms with Crippen molar-refractivity contribution in [3.8, 4) is 5.75 Å². The van der Waals surface area contributed by atoms with E-state index in [1.807, 2.05) is 24.3 Å². The highest BCUT2D eigenvalue weighted by Crippen LogP contribution is 2.33. The van der Waals surface area contributed by atoms with Gasteiger partial charge in [0.25, 0.3) is 11.6 Å². The molecule has 1 aliphatic rings. The lowest BCUT2D eigenvalue weighted by Crippen LogP contribution is -2.27. The Bertz CT molecular complexity index is 1200. The monoisotopic (exact) mass is 463 g/mol. The van der Waals surface area contributed by atoms with Gasteiger partial charge in [0.1, 0.15) is 16.7 Å². The van der Waals surface area contributed by atoms with E-state index in [2.05, 4.69) is 4.98 Å². The van der Waals surface area contributed by atoms with Crippen LogP contribution in [0.5, 0.6) is 5.75 Å². The molecule has 0 spiro atoms. The van der Waals surface area contributed by atoms with Crippen LogP contribution in [0.3, 0.4) is 0 Å². The molecule has 1 aromatic heterocycles. The molecule has 0 aliphatic carbocycles. The van der Waals surface area contributed by atoms with Crippen molar-refractivity contribution in [2.45, 2.75) is 13.2 Å². The molecule has 0 saturated carbocycles. The molecule has 3 aromatic rings. The normalized spacial score (nSPS) is 14.8. The van der Waals surface area contributed by atoms with Crippen molar-refractivity contribution in [3.05, 3.63) is 105 Å². The number of benzene rings is 2. The number of rotatable bonds is 7. The number of nitrogens with zero attached hydrogens (tertiary/aromatic N) is 3. The molecule has 4 rings (SSSR count). The minimum Gasteiger partial charge on any atom is -0.489 e. The van der Waals surface area contributed by atoms with Crippen LogP contribution in [-0.4, -0.2) is 25.0 Å². The first-order chi connectivity index (χ1) is 15.5. The Morgan fingerprint density at radius 3 is 2.62 bits per heavy atom. The van der Waals surface area contributed by atoms with Crippen LogP contribution in [0.2, 0.25) is 0 Å². The number of hydrogen-bond acceptors (Lipinski definition) is 7. The summed E-state index contributed by atoms with van der Waals surface area (Å²) in [5, 5.41) is 10.9. The third-order valence-electron chi connectivity index (χ3n) is 4.64. The van der Waals surface area contributed by atoms with E-state index in [0.29, 0.717) is 27.1 Å². The number of non-ortho nitro benzene ring substituents is 1. The molecule has 0 atom stereocenters. The van der Waals surface area contributed by atoms with Crippen molar-refractivity contribution >= 4 is 46.0 Å². The highest BCUT2D eigenvalue weighted by atomic mass is 32.2. The maximum Gasteiger partial charge on any atom is 0.269 e. The van der Waals surface area contributed by atoms with Crippen molar-refractivity contribution < 1.29 is 14.5 Å². The van der Waals surface area contributed by atoms with E-state index in [4.69, 9.17) is 17.0 Å². The number of amides is 1. The molecule has 2 heterocycles. The number of ether oxygens (including phenoxy) is 1. The summed E-state index contributed by atoms with van der Waals surface area (Å²) in [6, 6.07) is 17.3. The summed E-state index contributed by atoms with van der Waals surface area (Å²) < 4.78 is 6.24. The molecule has 32 heavy (non-hydrogen) atoms. The van der Waals surface area contributed by atoms with Crippen molar-refractivity contribution in [3.63, 3.8) is 0 Å². The van der Waals surface area contributed by atoms with Gasteiger partial charge in [-0.15, -0.1) is 0 Å². The van der Waals surface area contributed by atoms with Gasteiger partial charge in [0, 0.05) is 24.5 Å². The molecule has 0 radical (unpaired) electrons. The van der Waals surface area contributed by atoms with Crippen LogP contribution in [0.25, 0.3) is 6.08 Å². The van der Waals surface area contributed by atoms with Crippen molar-refractivity contribution in [2.75, 3.05) is 0 Å². The number of carbonyl (C=O) groups excluding carboxylic acids is 1. The SMILES string of the molecule is O=C1C(=Cc2ccc(OCc3cccc([N+](=O)[O-])c3)cc2)SC(=S)N1Cc1cccnc1. The maximum absolute atomic E-state index is 12.8. The Morgan fingerprint density at radius 1 is 1.12 bits per heavy atom. The molecule has 7 nitrogen and oxygen atoms in total. The van der Waals surface area contributed by atoms with Crippen LogP contribution >= 0.6 is 24.0 Å². The van der Waals surface area contributed by atoms with Crippen molar-refractivity contribution in [1.82, 2.24) is 9.88 Å². The Kier molecular flexibility index (Phi) is 6.58. The van der Waals surface area contributed by atoms with E-state index in [9.17, 15) is 14.9 Å². The third-order valence-corrected chi connectivity index (χ3v) is 6.02. The molecule has 2 aromatic carbocycles. The fourth-order valence-corrected chi connectivity index (χ4v) is 4.30. The summed E-state index contributed by atoms with van der Waals surface area (Å²) in [6.45, 7) is 0.605. The minimum atomic E-state index is -0.433. The first-order valence-corrected chi connectivity index (χ1v) is 10.8. The van der Waals surface area contributed by atoms with Crippen LogP contribution in [-0.2, 0) is 17.9 Å². The van der Waals surface area contributed by atoms with Crippen LogP contribution in [0.15, 0.2) is 78.0 Å². The second kappa shape index (κ2) is 9.71. The van der Waals surface area contributed by atoms with E-state index >= 15 is 0 Å². The van der Waals surface area contributed by atoms with Gasteiger partial charge in [-0.1, -0.05) is 54.3 Å². The van der Waals surface area contributed by atoms with Gasteiger partial charge < -0.3 is 4.74 Å². The molecule has 1 amide bonds. The standard InChI is InChI=1S/C23H17N3O4S2/c27-22-21(32-23(31)25(22)14-18-4-2-10-24-13-18)12-16-6-8-20(9-7-16)30-15-17-3-1-5-19(11-17)26(28)29/h1-13H,14-15H2. The van der Waals surface area contributed by atoms with Gasteiger partial charge in [0.15, 0.2) is 0 Å². The highest BCUT2D eigenvalue weighted by molar-refractivity contribution is 8.26. The molecule has 160 valence electrons. The average molecular weight is 464 g/mol. The first-order valence-electron chi connectivity index (χ1n) is 9.60. The van der Waals surface area contributed by atoms with Gasteiger partial charge >= 0.3 is 0 Å². The van der Waals surface area contributed by atoms with Crippen LogP contribution < -0.4 is 4.74 Å². The van der Waals surface area contributed by atoms with Gasteiger partial charge in [-0.3, -0.25) is 24.8 Å². The van der Waals surface area contributed by atoms with E-state index in [0.717, 1.165) is 11.1 Å². The van der Waals surface area contributed by atoms with E-state index in [-0.39, 0.29) is 18.2 Å². The zero-order valence-corrected chi connectivity index (χ0v) is 18.3. The number of nitro benzene ring substituents is 1. The van der Waals surface area contributed by atoms with Crippen LogP contribution in [0.4, 0.5) is 5.69 Å². The molecule has 9 heteroatoms. The molecular formula is C23H17N3O4S2. The number of thioether (sulfide) groups is 1. The minimum absolute atomic E-state index is 0.0299. The lowest BCUT2D eigenvalue weighted by atomic mass is 10.2. The van der Waals surface area contributed by atoms with Gasteiger partial charge in [-0.25, -0.2) is 0 Å². The number of carbonyl (C=O) groups is 1. The number of hydrogen-bond donors (Lipinski definition) is 0. The fraction of sp³-hybridized carbons (Fsp3) is 0.0870. The molecular weight excluding hydrogens is 446 g/mol. The van der Waals surface area contributed by atoms with Gasteiger partial charge in [0.05, 0.1) is 16.4 Å². The van der Waals surface area contributed by atoms with Gasteiger partial charge in [-0.05, 0) is 41.0 Å². The predicted molar refractivity (Wildman–Crippen MR) is 127 cm³/mol. The quantitative estimate of drug-likeness (QED) is 0.212. The molecule has 0 N–H and O–H groups in total. The lowest BCUT2D eigenvalue weighted by Gasteiger charge is -2.13. The summed E-state index contributed by atoms with van der Waals surface area (Å²) in [7, 11) is 0. The summed E-state index contributed by atoms with van der Waals surface area (Å²) in [4.78, 5) is 29.4. The lowest BCUT2D eigenvalue weighted by molar-refractivity contribution is -0.384. The largest absolute Gasteiger partial charge is 0.489 e. The van der Waals surface area contributed by atoms with Gasteiger partial charge in [-0.2, -0.15) is 0 Å². The Morgan fingerprint density at radius 2 is 1.91 bits per heavy atom. The second-order valence-corrected chi connectivity index (χ2v) is 8.59. The number of thiocarbonyl (C=S) groups is 1. The molecule has 0 unspecified atom stereocenters. The smallest absolute Gasteiger partial charge is 0.269 e. The Balaban J connectivity index is 1.39. The molecule has 1 fully saturated rings. The molecule has 0 bridgehead atoms. The van der Waals surface area contributed by atoms with E-state index < -0.39 is 4.92 Å². The predicted octanol–water partition coefficient (Wildman–Crippen LogP) is 4.97. The van der Waals surface area contributed by atoms with E-state index in [1.165, 1.54) is 23.9 Å². The first kappa shape index (κ1) is 21.7. The average Bonchev–Trinajstić information content (AvgIpc) is 3.07. The molecule has 1 saturated heterocycles. The van der Waals surface area contributed by atoms with E-state index in [1.54, 1.807) is 47.6 Å². The number of aromatic nitrogens is 1. The number of nitro groups is 1. The zero-order valence-electron chi connectivity index (χ0n) is 16.7.